The van der Waals surface area contributed by atoms with E-state index in [1.54, 1.807) is 0 Å². The molecule has 0 radical (unpaired) electrons. The highest BCUT2D eigenvalue weighted by Crippen LogP contribution is 2.34. The summed E-state index contributed by atoms with van der Waals surface area (Å²) in [5, 5.41) is 4.05. The molecule has 0 atom stereocenters. The molecule has 0 aliphatic carbocycles. The van der Waals surface area contributed by atoms with Crippen LogP contribution in [0.15, 0.2) is 53.2 Å². The number of benzene rings is 2. The topological polar surface area (TPSA) is 26.0 Å². The van der Waals surface area contributed by atoms with E-state index in [4.69, 9.17) is 4.52 Å². The van der Waals surface area contributed by atoms with Gasteiger partial charge in [0.05, 0.1) is 6.20 Å². The van der Waals surface area contributed by atoms with Crippen LogP contribution in [-0.4, -0.2) is 5.16 Å². The number of aryl methyl sites for hydroxylation is 2. The predicted molar refractivity (Wildman–Crippen MR) is 95.5 cm³/mol. The van der Waals surface area contributed by atoms with E-state index in [1.807, 2.05) is 24.4 Å². The van der Waals surface area contributed by atoms with E-state index in [-0.39, 0.29) is 0 Å². The second-order valence-corrected chi connectivity index (χ2v) is 5.77. The molecule has 118 valence electrons. The highest BCUT2D eigenvalue weighted by atomic mass is 16.5. The van der Waals surface area contributed by atoms with Gasteiger partial charge in [-0.05, 0) is 53.6 Å². The predicted octanol–water partition coefficient (Wildman–Crippen LogP) is 5.70. The molecule has 0 amide bonds. The summed E-state index contributed by atoms with van der Waals surface area (Å²) in [7, 11) is 0. The summed E-state index contributed by atoms with van der Waals surface area (Å²) in [4.78, 5) is 0. The van der Waals surface area contributed by atoms with Crippen LogP contribution in [0.3, 0.4) is 0 Å². The van der Waals surface area contributed by atoms with Crippen LogP contribution in [0.1, 0.15) is 37.5 Å². The smallest absolute Gasteiger partial charge is 0.174 e. The first-order valence-corrected chi connectivity index (χ1v) is 8.43. The Morgan fingerprint density at radius 3 is 2.04 bits per heavy atom. The molecule has 0 unspecified atom stereocenters. The molecule has 23 heavy (non-hydrogen) atoms. The molecular formula is C21H23NO. The highest BCUT2D eigenvalue weighted by molar-refractivity contribution is 5.79. The van der Waals surface area contributed by atoms with Crippen molar-refractivity contribution >= 4 is 0 Å². The van der Waals surface area contributed by atoms with Crippen LogP contribution in [-0.2, 0) is 19.3 Å². The SMILES string of the molecule is CCc1cc(-c2oncc2-c2ccccc2)cc(CC)c1CC. The molecule has 0 saturated carbocycles. The maximum absolute atomic E-state index is 5.63. The van der Waals surface area contributed by atoms with Crippen LogP contribution < -0.4 is 0 Å². The van der Waals surface area contributed by atoms with Gasteiger partial charge < -0.3 is 4.52 Å². The normalized spacial score (nSPS) is 10.9. The lowest BCUT2D eigenvalue weighted by molar-refractivity contribution is 0.432. The van der Waals surface area contributed by atoms with Crippen LogP contribution in [0.4, 0.5) is 0 Å². The average Bonchev–Trinajstić information content (AvgIpc) is 3.10. The molecule has 2 nitrogen and oxygen atoms in total. The van der Waals surface area contributed by atoms with Gasteiger partial charge in [0.2, 0.25) is 0 Å². The highest BCUT2D eigenvalue weighted by Gasteiger charge is 2.16. The minimum atomic E-state index is 0.864. The lowest BCUT2D eigenvalue weighted by Gasteiger charge is -2.14. The minimum Gasteiger partial charge on any atom is -0.356 e. The van der Waals surface area contributed by atoms with Crippen molar-refractivity contribution in [3.05, 3.63) is 65.4 Å². The van der Waals surface area contributed by atoms with E-state index in [1.165, 1.54) is 16.7 Å². The molecule has 2 heteroatoms. The van der Waals surface area contributed by atoms with Gasteiger partial charge in [-0.1, -0.05) is 56.3 Å². The van der Waals surface area contributed by atoms with Gasteiger partial charge in [-0.3, -0.25) is 0 Å². The van der Waals surface area contributed by atoms with E-state index >= 15 is 0 Å². The Hall–Kier alpha value is -2.35. The molecule has 3 rings (SSSR count). The van der Waals surface area contributed by atoms with Gasteiger partial charge in [-0.15, -0.1) is 0 Å². The fourth-order valence-electron chi connectivity index (χ4n) is 3.28. The summed E-state index contributed by atoms with van der Waals surface area (Å²) >= 11 is 0. The molecule has 1 heterocycles. The summed E-state index contributed by atoms with van der Waals surface area (Å²) in [6.07, 6.45) is 4.97. The third kappa shape index (κ3) is 2.94. The van der Waals surface area contributed by atoms with Crippen LogP contribution in [0, 0.1) is 0 Å². The Kier molecular flexibility index (Phi) is 4.61. The molecule has 1 aromatic heterocycles. The lowest BCUT2D eigenvalue weighted by atomic mass is 9.91. The van der Waals surface area contributed by atoms with Gasteiger partial charge in [0.25, 0.3) is 0 Å². The Labute approximate surface area is 138 Å². The zero-order valence-corrected chi connectivity index (χ0v) is 14.1. The summed E-state index contributed by atoms with van der Waals surface area (Å²) in [6, 6.07) is 14.8. The Balaban J connectivity index is 2.15. The monoisotopic (exact) mass is 305 g/mol. The van der Waals surface area contributed by atoms with Crippen molar-refractivity contribution in [2.45, 2.75) is 40.0 Å². The molecule has 3 aromatic rings. The van der Waals surface area contributed by atoms with E-state index in [2.05, 4.69) is 50.2 Å². The summed E-state index contributed by atoms with van der Waals surface area (Å²) in [6.45, 7) is 6.67. The number of rotatable bonds is 5. The first kappa shape index (κ1) is 15.5. The maximum atomic E-state index is 5.63. The van der Waals surface area contributed by atoms with Crippen LogP contribution in [0.2, 0.25) is 0 Å². The second-order valence-electron chi connectivity index (χ2n) is 5.77. The molecule has 0 aliphatic rings. The lowest BCUT2D eigenvalue weighted by Crippen LogP contribution is -1.99. The average molecular weight is 305 g/mol. The van der Waals surface area contributed by atoms with Crippen molar-refractivity contribution < 1.29 is 4.52 Å². The molecule has 0 fully saturated rings. The van der Waals surface area contributed by atoms with Crippen molar-refractivity contribution in [1.29, 1.82) is 0 Å². The van der Waals surface area contributed by atoms with Crippen LogP contribution >= 0.6 is 0 Å². The molecule has 2 aromatic carbocycles. The Morgan fingerprint density at radius 2 is 1.48 bits per heavy atom. The van der Waals surface area contributed by atoms with Gasteiger partial charge in [0.1, 0.15) is 0 Å². The van der Waals surface area contributed by atoms with Gasteiger partial charge in [0.15, 0.2) is 5.76 Å². The van der Waals surface area contributed by atoms with Gasteiger partial charge in [-0.2, -0.15) is 0 Å². The molecule has 0 saturated heterocycles. The third-order valence-corrected chi connectivity index (χ3v) is 4.47. The zero-order valence-electron chi connectivity index (χ0n) is 14.1. The third-order valence-electron chi connectivity index (χ3n) is 4.47. The molecule has 0 bridgehead atoms. The zero-order chi connectivity index (χ0) is 16.2. The second kappa shape index (κ2) is 6.82. The van der Waals surface area contributed by atoms with Crippen molar-refractivity contribution in [3.63, 3.8) is 0 Å². The number of hydrogen-bond donors (Lipinski definition) is 0. The molecular weight excluding hydrogens is 282 g/mol. The van der Waals surface area contributed by atoms with Gasteiger partial charge in [-0.25, -0.2) is 0 Å². The Morgan fingerprint density at radius 1 is 0.826 bits per heavy atom. The maximum Gasteiger partial charge on any atom is 0.174 e. The Bertz CT molecular complexity index is 762. The molecule has 0 spiro atoms. The van der Waals surface area contributed by atoms with Crippen LogP contribution in [0.5, 0.6) is 0 Å². The van der Waals surface area contributed by atoms with Gasteiger partial charge >= 0.3 is 0 Å². The minimum absolute atomic E-state index is 0.864. The summed E-state index contributed by atoms with van der Waals surface area (Å²) in [5.74, 6) is 0.864. The van der Waals surface area contributed by atoms with Crippen molar-refractivity contribution in [2.75, 3.05) is 0 Å². The van der Waals surface area contributed by atoms with E-state index in [0.29, 0.717) is 0 Å². The van der Waals surface area contributed by atoms with Crippen molar-refractivity contribution in [2.24, 2.45) is 0 Å². The number of hydrogen-bond acceptors (Lipinski definition) is 2. The van der Waals surface area contributed by atoms with Crippen molar-refractivity contribution in [3.8, 4) is 22.5 Å². The summed E-state index contributed by atoms with van der Waals surface area (Å²) in [5.41, 5.74) is 7.64. The van der Waals surface area contributed by atoms with E-state index < -0.39 is 0 Å². The van der Waals surface area contributed by atoms with Crippen LogP contribution in [0.25, 0.3) is 22.5 Å². The fourth-order valence-corrected chi connectivity index (χ4v) is 3.28. The quantitative estimate of drug-likeness (QED) is 0.604. The first-order chi connectivity index (χ1) is 11.3. The fraction of sp³-hybridized carbons (Fsp3) is 0.286. The van der Waals surface area contributed by atoms with E-state index in [9.17, 15) is 0 Å². The standard InChI is InChI=1S/C21H23NO/c1-4-15-12-18(13-16(5-2)19(15)6-3)21-20(14-22-23-21)17-10-8-7-9-11-17/h7-14H,4-6H2,1-3H3. The number of nitrogens with zero attached hydrogens (tertiary/aromatic N) is 1. The summed E-state index contributed by atoms with van der Waals surface area (Å²) < 4.78 is 5.63. The van der Waals surface area contributed by atoms with Gasteiger partial charge in [0, 0.05) is 11.1 Å². The first-order valence-electron chi connectivity index (χ1n) is 8.43. The largest absolute Gasteiger partial charge is 0.356 e. The van der Waals surface area contributed by atoms with E-state index in [0.717, 1.165) is 41.7 Å². The molecule has 0 aliphatic heterocycles. The number of aromatic nitrogens is 1. The molecule has 0 N–H and O–H groups in total. The van der Waals surface area contributed by atoms with Crippen molar-refractivity contribution in [1.82, 2.24) is 5.16 Å².